The molecular weight excluding hydrogens is 302 g/mol. The summed E-state index contributed by atoms with van der Waals surface area (Å²) in [7, 11) is 0. The van der Waals surface area contributed by atoms with E-state index in [0.717, 1.165) is 10.0 Å². The van der Waals surface area contributed by atoms with E-state index in [1.165, 1.54) is 0 Å². The molecule has 88 valence electrons. The van der Waals surface area contributed by atoms with Gasteiger partial charge in [-0.2, -0.15) is 0 Å². The molecule has 0 aliphatic heterocycles. The highest BCUT2D eigenvalue weighted by molar-refractivity contribution is 9.10. The highest BCUT2D eigenvalue weighted by Crippen LogP contribution is 2.21. The number of nitrogens with one attached hydrogen (secondary N) is 1. The molecule has 0 saturated carbocycles. The number of benzene rings is 1. The van der Waals surface area contributed by atoms with E-state index in [2.05, 4.69) is 26.2 Å². The summed E-state index contributed by atoms with van der Waals surface area (Å²) in [6.45, 7) is 0.638. The van der Waals surface area contributed by atoms with Crippen molar-refractivity contribution in [3.63, 3.8) is 0 Å². The highest BCUT2D eigenvalue weighted by atomic mass is 79.9. The average Bonchev–Trinajstić information content (AvgIpc) is 2.32. The lowest BCUT2D eigenvalue weighted by molar-refractivity contribution is 1.10. The molecule has 17 heavy (non-hydrogen) atoms. The molecule has 0 saturated heterocycles. The normalized spacial score (nSPS) is 10.2. The number of pyridine rings is 1. The van der Waals surface area contributed by atoms with E-state index in [-0.39, 0.29) is 0 Å². The van der Waals surface area contributed by atoms with Gasteiger partial charge in [0.1, 0.15) is 5.15 Å². The Labute approximate surface area is 113 Å². The smallest absolute Gasteiger partial charge is 0.151 e. The van der Waals surface area contributed by atoms with Crippen LogP contribution in [-0.2, 0) is 6.54 Å². The van der Waals surface area contributed by atoms with Gasteiger partial charge >= 0.3 is 0 Å². The van der Waals surface area contributed by atoms with Crippen molar-refractivity contribution in [3.8, 4) is 0 Å². The van der Waals surface area contributed by atoms with Gasteiger partial charge in [-0.3, -0.25) is 0 Å². The lowest BCUT2D eigenvalue weighted by atomic mass is 10.2. The zero-order valence-corrected chi connectivity index (χ0v) is 11.3. The SMILES string of the molecule is Nc1ccc(Cl)nc1NCc1ccccc1Br. The fourth-order valence-electron chi connectivity index (χ4n) is 1.41. The summed E-state index contributed by atoms with van der Waals surface area (Å²) in [5, 5.41) is 3.59. The number of nitrogen functional groups attached to an aromatic ring is 1. The van der Waals surface area contributed by atoms with Crippen LogP contribution in [0.1, 0.15) is 5.56 Å². The van der Waals surface area contributed by atoms with Crippen molar-refractivity contribution in [2.24, 2.45) is 0 Å². The summed E-state index contributed by atoms with van der Waals surface area (Å²) < 4.78 is 1.05. The van der Waals surface area contributed by atoms with Crippen LogP contribution in [0.15, 0.2) is 40.9 Å². The van der Waals surface area contributed by atoms with Gasteiger partial charge in [-0.25, -0.2) is 4.98 Å². The lowest BCUT2D eigenvalue weighted by Crippen LogP contribution is -2.05. The summed E-state index contributed by atoms with van der Waals surface area (Å²) in [5.74, 6) is 0.605. The molecule has 0 bridgehead atoms. The predicted octanol–water partition coefficient (Wildman–Crippen LogP) is 3.69. The number of rotatable bonds is 3. The molecule has 1 aromatic heterocycles. The van der Waals surface area contributed by atoms with Crippen molar-refractivity contribution in [1.29, 1.82) is 0 Å². The molecule has 0 aliphatic carbocycles. The maximum atomic E-state index is 5.81. The van der Waals surface area contributed by atoms with Crippen LogP contribution in [0.4, 0.5) is 11.5 Å². The van der Waals surface area contributed by atoms with Crippen molar-refractivity contribution in [1.82, 2.24) is 4.98 Å². The third-order valence-electron chi connectivity index (χ3n) is 2.30. The number of nitrogens with zero attached hydrogens (tertiary/aromatic N) is 1. The number of hydrogen-bond donors (Lipinski definition) is 2. The Bertz CT molecular complexity index is 531. The van der Waals surface area contributed by atoms with Crippen molar-refractivity contribution in [3.05, 3.63) is 51.6 Å². The Morgan fingerprint density at radius 3 is 2.76 bits per heavy atom. The second-order valence-electron chi connectivity index (χ2n) is 3.52. The van der Waals surface area contributed by atoms with Gasteiger partial charge in [-0.15, -0.1) is 0 Å². The van der Waals surface area contributed by atoms with Crippen molar-refractivity contribution in [2.75, 3.05) is 11.1 Å². The van der Waals surface area contributed by atoms with Gasteiger partial charge in [-0.05, 0) is 23.8 Å². The molecule has 3 nitrogen and oxygen atoms in total. The standard InChI is InChI=1S/C12H11BrClN3/c13-9-4-2-1-3-8(9)7-16-12-10(15)5-6-11(14)17-12/h1-6H,7,15H2,(H,16,17). The molecule has 0 atom stereocenters. The molecule has 2 rings (SSSR count). The van der Waals surface area contributed by atoms with Crippen LogP contribution in [0, 0.1) is 0 Å². The lowest BCUT2D eigenvalue weighted by Gasteiger charge is -2.09. The Kier molecular flexibility index (Phi) is 3.86. The molecule has 0 spiro atoms. The maximum absolute atomic E-state index is 5.81. The number of aromatic nitrogens is 1. The third-order valence-corrected chi connectivity index (χ3v) is 3.28. The molecule has 1 heterocycles. The first-order valence-electron chi connectivity index (χ1n) is 5.06. The van der Waals surface area contributed by atoms with E-state index >= 15 is 0 Å². The molecule has 0 radical (unpaired) electrons. The minimum atomic E-state index is 0.425. The zero-order valence-electron chi connectivity index (χ0n) is 8.95. The Hall–Kier alpha value is -1.26. The van der Waals surface area contributed by atoms with E-state index in [0.29, 0.717) is 23.2 Å². The van der Waals surface area contributed by atoms with Crippen LogP contribution in [-0.4, -0.2) is 4.98 Å². The molecule has 3 N–H and O–H groups in total. The van der Waals surface area contributed by atoms with E-state index in [1.807, 2.05) is 24.3 Å². The van der Waals surface area contributed by atoms with Crippen LogP contribution >= 0.6 is 27.5 Å². The van der Waals surface area contributed by atoms with Crippen LogP contribution in [0.25, 0.3) is 0 Å². The van der Waals surface area contributed by atoms with Crippen LogP contribution in [0.5, 0.6) is 0 Å². The van der Waals surface area contributed by atoms with Crippen molar-refractivity contribution >= 4 is 39.0 Å². The summed E-state index contributed by atoms with van der Waals surface area (Å²) in [4.78, 5) is 4.13. The Morgan fingerprint density at radius 2 is 2.00 bits per heavy atom. The molecule has 0 fully saturated rings. The number of nitrogens with two attached hydrogens (primary N) is 1. The quantitative estimate of drug-likeness (QED) is 0.850. The van der Waals surface area contributed by atoms with Crippen molar-refractivity contribution in [2.45, 2.75) is 6.54 Å². The first-order chi connectivity index (χ1) is 8.16. The van der Waals surface area contributed by atoms with Crippen molar-refractivity contribution < 1.29 is 0 Å². The van der Waals surface area contributed by atoms with Gasteiger partial charge in [0.15, 0.2) is 5.82 Å². The second-order valence-corrected chi connectivity index (χ2v) is 4.76. The number of anilines is 2. The van der Waals surface area contributed by atoms with Gasteiger partial charge in [0.05, 0.1) is 5.69 Å². The number of hydrogen-bond acceptors (Lipinski definition) is 3. The summed E-state index contributed by atoms with van der Waals surface area (Å²) in [6.07, 6.45) is 0. The number of halogens is 2. The molecule has 0 unspecified atom stereocenters. The molecule has 2 aromatic rings. The fourth-order valence-corrected chi connectivity index (χ4v) is 1.98. The van der Waals surface area contributed by atoms with Gasteiger partial charge in [0.25, 0.3) is 0 Å². The highest BCUT2D eigenvalue weighted by Gasteiger charge is 2.03. The maximum Gasteiger partial charge on any atom is 0.151 e. The summed E-state index contributed by atoms with van der Waals surface area (Å²) in [6, 6.07) is 11.4. The average molecular weight is 313 g/mol. The van der Waals surface area contributed by atoms with Gasteiger partial charge in [0, 0.05) is 11.0 Å². The molecule has 5 heteroatoms. The monoisotopic (exact) mass is 311 g/mol. The fraction of sp³-hybridized carbons (Fsp3) is 0.0833. The van der Waals surface area contributed by atoms with Gasteiger partial charge < -0.3 is 11.1 Å². The summed E-state index contributed by atoms with van der Waals surface area (Å²) >= 11 is 9.30. The van der Waals surface area contributed by atoms with Crippen LogP contribution in [0.3, 0.4) is 0 Å². The van der Waals surface area contributed by atoms with Crippen LogP contribution in [0.2, 0.25) is 5.15 Å². The molecular formula is C12H11BrClN3. The Balaban J connectivity index is 2.12. The minimum absolute atomic E-state index is 0.425. The van der Waals surface area contributed by atoms with E-state index in [1.54, 1.807) is 12.1 Å². The third kappa shape index (κ3) is 3.11. The summed E-state index contributed by atoms with van der Waals surface area (Å²) in [5.41, 5.74) is 7.51. The topological polar surface area (TPSA) is 50.9 Å². The first kappa shape index (κ1) is 12.2. The van der Waals surface area contributed by atoms with E-state index in [4.69, 9.17) is 17.3 Å². The Morgan fingerprint density at radius 1 is 1.24 bits per heavy atom. The molecule has 0 aliphatic rings. The van der Waals surface area contributed by atoms with E-state index < -0.39 is 0 Å². The predicted molar refractivity (Wildman–Crippen MR) is 75.1 cm³/mol. The van der Waals surface area contributed by atoms with Gasteiger partial charge in [-0.1, -0.05) is 45.7 Å². The first-order valence-corrected chi connectivity index (χ1v) is 6.23. The van der Waals surface area contributed by atoms with E-state index in [9.17, 15) is 0 Å². The van der Waals surface area contributed by atoms with Gasteiger partial charge in [0.2, 0.25) is 0 Å². The zero-order chi connectivity index (χ0) is 12.3. The minimum Gasteiger partial charge on any atom is -0.396 e. The van der Waals surface area contributed by atoms with Crippen LogP contribution < -0.4 is 11.1 Å². The molecule has 1 aromatic carbocycles. The second kappa shape index (κ2) is 5.38. The molecule has 0 amide bonds. The largest absolute Gasteiger partial charge is 0.396 e.